The molecule has 6 atom stereocenters. The summed E-state index contributed by atoms with van der Waals surface area (Å²) < 4.78 is 22.8. The number of nitrogens with zero attached hydrogens (tertiary/aromatic N) is 1. The topological polar surface area (TPSA) is 58.6 Å². The number of morpholine rings is 1. The molecule has 0 unspecified atom stereocenters. The first-order valence-corrected chi connectivity index (χ1v) is 15.8. The van der Waals surface area contributed by atoms with Crippen molar-refractivity contribution in [3.05, 3.63) is 171 Å². The van der Waals surface area contributed by atoms with Crippen molar-refractivity contribution in [3.63, 3.8) is 0 Å². The molecule has 5 nitrogen and oxygen atoms in total. The van der Waals surface area contributed by atoms with Crippen LogP contribution in [-0.2, 0) is 19.7 Å². The van der Waals surface area contributed by atoms with Crippen LogP contribution in [0.15, 0.2) is 127 Å². The third kappa shape index (κ3) is 4.17. The molecule has 0 bridgehead atoms. The van der Waals surface area contributed by atoms with Crippen molar-refractivity contribution in [2.45, 2.75) is 35.6 Å². The van der Waals surface area contributed by atoms with Crippen molar-refractivity contribution in [2.75, 3.05) is 5.32 Å². The van der Waals surface area contributed by atoms with Gasteiger partial charge in [0.2, 0.25) is 5.91 Å². The van der Waals surface area contributed by atoms with Gasteiger partial charge in [-0.3, -0.25) is 14.5 Å². The number of carbonyl (C=O) groups excluding carboxylic acids is 2. The SMILES string of the molecule is O=C1O[C@@H](c2ccccc2)[C@@H](c2ccccc2)N2[C@@H]1[C@H](c1cccc(Cl)c1F)[C@@]1(C(=O)Nc3cc(Cl)ccc31)[C@H]2c1ccccc1. The monoisotopic (exact) mass is 648 g/mol. The highest BCUT2D eigenvalue weighted by Gasteiger charge is 2.72. The van der Waals surface area contributed by atoms with Crippen molar-refractivity contribution >= 4 is 40.8 Å². The molecular weight excluding hydrogens is 622 g/mol. The van der Waals surface area contributed by atoms with Gasteiger partial charge in [-0.05, 0) is 46.0 Å². The van der Waals surface area contributed by atoms with E-state index in [0.717, 1.165) is 16.7 Å². The van der Waals surface area contributed by atoms with Gasteiger partial charge >= 0.3 is 5.97 Å². The van der Waals surface area contributed by atoms with Crippen LogP contribution >= 0.6 is 23.2 Å². The van der Waals surface area contributed by atoms with Crippen LogP contribution in [0.2, 0.25) is 10.0 Å². The molecule has 5 aromatic carbocycles. The molecule has 5 aromatic rings. The maximum atomic E-state index is 16.4. The molecule has 3 aliphatic rings. The number of esters is 1. The van der Waals surface area contributed by atoms with Gasteiger partial charge in [-0.1, -0.05) is 132 Å². The number of nitrogens with one attached hydrogen (secondary N) is 1. The number of carbonyl (C=O) groups is 2. The summed E-state index contributed by atoms with van der Waals surface area (Å²) in [6.45, 7) is 0. The smallest absolute Gasteiger partial charge is 0.324 e. The maximum absolute atomic E-state index is 16.4. The number of ether oxygens (including phenoxy) is 1. The highest BCUT2D eigenvalue weighted by molar-refractivity contribution is 6.31. The quantitative estimate of drug-likeness (QED) is 0.198. The summed E-state index contributed by atoms with van der Waals surface area (Å²) in [5.74, 6) is -2.59. The minimum atomic E-state index is -1.48. The molecule has 228 valence electrons. The van der Waals surface area contributed by atoms with Gasteiger partial charge in [0.25, 0.3) is 0 Å². The Morgan fingerprint density at radius 3 is 2.02 bits per heavy atom. The van der Waals surface area contributed by atoms with Gasteiger partial charge in [0.1, 0.15) is 23.4 Å². The highest BCUT2D eigenvalue weighted by atomic mass is 35.5. The van der Waals surface area contributed by atoms with E-state index in [4.69, 9.17) is 27.9 Å². The van der Waals surface area contributed by atoms with Gasteiger partial charge in [0, 0.05) is 16.6 Å². The van der Waals surface area contributed by atoms with Crippen molar-refractivity contribution in [1.82, 2.24) is 4.90 Å². The largest absolute Gasteiger partial charge is 0.454 e. The summed E-state index contributed by atoms with van der Waals surface area (Å²) in [7, 11) is 0. The summed E-state index contributed by atoms with van der Waals surface area (Å²) in [5.41, 5.74) is 2.35. The summed E-state index contributed by atoms with van der Waals surface area (Å²) in [5, 5.41) is 3.42. The molecule has 0 aliphatic carbocycles. The average Bonchev–Trinajstić information content (AvgIpc) is 3.55. The van der Waals surface area contributed by atoms with Crippen LogP contribution in [0.1, 0.15) is 51.9 Å². The van der Waals surface area contributed by atoms with Crippen LogP contribution < -0.4 is 5.32 Å². The van der Waals surface area contributed by atoms with Crippen LogP contribution in [0.5, 0.6) is 0 Å². The number of hydrogen-bond donors (Lipinski definition) is 1. The predicted octanol–water partition coefficient (Wildman–Crippen LogP) is 8.57. The fourth-order valence-corrected chi connectivity index (χ4v) is 8.39. The molecule has 0 radical (unpaired) electrons. The van der Waals surface area contributed by atoms with Crippen molar-refractivity contribution < 1.29 is 18.7 Å². The molecule has 1 N–H and O–H groups in total. The number of rotatable bonds is 4. The molecular formula is C38H27Cl2FN2O3. The van der Waals surface area contributed by atoms with E-state index in [0.29, 0.717) is 16.3 Å². The van der Waals surface area contributed by atoms with Crippen LogP contribution in [0.3, 0.4) is 0 Å². The van der Waals surface area contributed by atoms with Gasteiger partial charge in [-0.15, -0.1) is 0 Å². The Hall–Kier alpha value is -4.49. The Kier molecular flexibility index (Phi) is 6.98. The summed E-state index contributed by atoms with van der Waals surface area (Å²) in [4.78, 5) is 31.6. The van der Waals surface area contributed by atoms with Gasteiger partial charge < -0.3 is 10.1 Å². The molecule has 0 aromatic heterocycles. The van der Waals surface area contributed by atoms with E-state index in [1.807, 2.05) is 97.1 Å². The van der Waals surface area contributed by atoms with Crippen molar-refractivity contribution in [2.24, 2.45) is 0 Å². The number of fused-ring (bicyclic) bond motifs is 3. The van der Waals surface area contributed by atoms with Gasteiger partial charge in [-0.2, -0.15) is 0 Å². The number of amides is 1. The van der Waals surface area contributed by atoms with E-state index in [1.165, 1.54) is 6.07 Å². The molecule has 1 amide bonds. The number of halogens is 3. The molecule has 3 heterocycles. The molecule has 3 aliphatic heterocycles. The van der Waals surface area contributed by atoms with Gasteiger partial charge in [0.05, 0.1) is 17.1 Å². The zero-order valence-electron chi connectivity index (χ0n) is 24.3. The molecule has 1 spiro atoms. The third-order valence-electron chi connectivity index (χ3n) is 9.70. The zero-order valence-corrected chi connectivity index (χ0v) is 25.8. The Labute approximate surface area is 275 Å². The minimum Gasteiger partial charge on any atom is -0.454 e. The van der Waals surface area contributed by atoms with E-state index in [1.54, 1.807) is 24.3 Å². The van der Waals surface area contributed by atoms with Crippen molar-refractivity contribution in [1.29, 1.82) is 0 Å². The predicted molar refractivity (Wildman–Crippen MR) is 175 cm³/mol. The van der Waals surface area contributed by atoms with Crippen molar-refractivity contribution in [3.8, 4) is 0 Å². The second-order valence-electron chi connectivity index (χ2n) is 12.0. The van der Waals surface area contributed by atoms with E-state index in [2.05, 4.69) is 10.2 Å². The minimum absolute atomic E-state index is 0.0944. The van der Waals surface area contributed by atoms with Crippen LogP contribution in [0.25, 0.3) is 0 Å². The molecule has 46 heavy (non-hydrogen) atoms. The highest BCUT2D eigenvalue weighted by Crippen LogP contribution is 2.67. The van der Waals surface area contributed by atoms with Gasteiger partial charge in [0.15, 0.2) is 0 Å². The summed E-state index contributed by atoms with van der Waals surface area (Å²) in [6.07, 6.45) is -0.715. The van der Waals surface area contributed by atoms with E-state index in [9.17, 15) is 9.59 Å². The fraction of sp³-hybridized carbons (Fsp3) is 0.158. The first-order valence-electron chi connectivity index (χ1n) is 15.1. The van der Waals surface area contributed by atoms with E-state index < -0.39 is 47.3 Å². The molecule has 2 saturated heterocycles. The Balaban J connectivity index is 1.49. The lowest BCUT2D eigenvalue weighted by Crippen LogP contribution is -2.50. The molecule has 0 saturated carbocycles. The number of anilines is 1. The van der Waals surface area contributed by atoms with E-state index in [-0.39, 0.29) is 16.5 Å². The second-order valence-corrected chi connectivity index (χ2v) is 12.8. The average molecular weight is 650 g/mol. The van der Waals surface area contributed by atoms with Gasteiger partial charge in [-0.25, -0.2) is 4.39 Å². The van der Waals surface area contributed by atoms with Crippen LogP contribution in [0.4, 0.5) is 10.1 Å². The standard InChI is InChI=1S/C38H27Cl2FN2O3/c39-25-19-20-27-29(21-25)42-37(45)38(27)30(26-17-10-18-28(40)31(26)41)33-36(44)46-34(23-13-6-2-7-14-23)32(22-11-4-1-5-12-22)43(33)35(38)24-15-8-3-9-16-24/h1-21,30,32-35H,(H,42,45)/t30-,32+,33+,34-,35+,38+/m0/s1. The lowest BCUT2D eigenvalue weighted by molar-refractivity contribution is -0.176. The number of cyclic esters (lactones) is 1. The van der Waals surface area contributed by atoms with E-state index >= 15 is 4.39 Å². The second kappa shape index (κ2) is 11.1. The first kappa shape index (κ1) is 28.9. The van der Waals surface area contributed by atoms with Crippen LogP contribution in [0, 0.1) is 5.82 Å². The molecule has 8 rings (SSSR count). The Bertz CT molecular complexity index is 1980. The van der Waals surface area contributed by atoms with Crippen LogP contribution in [-0.4, -0.2) is 22.8 Å². The summed E-state index contributed by atoms with van der Waals surface area (Å²) in [6, 6.07) is 36.7. The molecule has 8 heteroatoms. The molecule has 2 fully saturated rings. The lowest BCUT2D eigenvalue weighted by atomic mass is 9.63. The third-order valence-corrected chi connectivity index (χ3v) is 10.2. The Morgan fingerprint density at radius 2 is 1.35 bits per heavy atom. The summed E-state index contributed by atoms with van der Waals surface area (Å²) >= 11 is 12.9. The number of hydrogen-bond acceptors (Lipinski definition) is 4. The lowest BCUT2D eigenvalue weighted by Gasteiger charge is -2.46. The first-order chi connectivity index (χ1) is 22.4. The fourth-order valence-electron chi connectivity index (χ4n) is 8.04. The zero-order chi connectivity index (χ0) is 31.6. The normalized spacial score (nSPS) is 26.8. The Morgan fingerprint density at radius 1 is 0.717 bits per heavy atom. The number of benzene rings is 5. The maximum Gasteiger partial charge on any atom is 0.324 e.